The van der Waals surface area contributed by atoms with Crippen LogP contribution in [0.1, 0.15) is 11.1 Å². The number of imidazole rings is 1. The predicted octanol–water partition coefficient (Wildman–Crippen LogP) is 5.92. The first-order chi connectivity index (χ1) is 13.5. The summed E-state index contributed by atoms with van der Waals surface area (Å²) in [6, 6.07) is 16.7. The number of hydrogen-bond donors (Lipinski definition) is 2. The first kappa shape index (κ1) is 18.1. The molecule has 28 heavy (non-hydrogen) atoms. The maximum atomic E-state index is 12.4. The highest BCUT2D eigenvalue weighted by Crippen LogP contribution is 2.25. The molecule has 2 N–H and O–H groups in total. The summed E-state index contributed by atoms with van der Waals surface area (Å²) in [5.74, 6) is 0. The highest BCUT2D eigenvalue weighted by molar-refractivity contribution is 6.31. The number of fused-ring (bicyclic) bond motifs is 1. The first-order valence-electron chi connectivity index (χ1n) is 8.89. The summed E-state index contributed by atoms with van der Waals surface area (Å²) < 4.78 is 2.00. The van der Waals surface area contributed by atoms with Crippen LogP contribution in [0.5, 0.6) is 0 Å². The van der Waals surface area contributed by atoms with Gasteiger partial charge in [-0.2, -0.15) is 0 Å². The van der Waals surface area contributed by atoms with Crippen molar-refractivity contribution in [1.82, 2.24) is 9.38 Å². The average Bonchev–Trinajstić information content (AvgIpc) is 3.11. The minimum Gasteiger partial charge on any atom is -0.308 e. The molecule has 2 aromatic heterocycles. The van der Waals surface area contributed by atoms with Crippen LogP contribution >= 0.6 is 11.6 Å². The van der Waals surface area contributed by atoms with Crippen LogP contribution in [-0.2, 0) is 0 Å². The van der Waals surface area contributed by atoms with E-state index in [0.29, 0.717) is 16.4 Å². The van der Waals surface area contributed by atoms with E-state index in [1.807, 2.05) is 73.1 Å². The fourth-order valence-corrected chi connectivity index (χ4v) is 3.25. The lowest BCUT2D eigenvalue weighted by Crippen LogP contribution is -2.20. The van der Waals surface area contributed by atoms with E-state index in [1.54, 1.807) is 12.1 Å². The van der Waals surface area contributed by atoms with Gasteiger partial charge in [0.25, 0.3) is 0 Å². The van der Waals surface area contributed by atoms with Crippen LogP contribution < -0.4 is 10.6 Å². The zero-order chi connectivity index (χ0) is 19.7. The molecule has 5 nitrogen and oxygen atoms in total. The minimum atomic E-state index is -0.326. The van der Waals surface area contributed by atoms with Gasteiger partial charge in [-0.15, -0.1) is 0 Å². The number of carbonyl (C=O) groups is 1. The van der Waals surface area contributed by atoms with Crippen molar-refractivity contribution in [2.45, 2.75) is 13.8 Å². The van der Waals surface area contributed by atoms with Crippen molar-refractivity contribution in [1.29, 1.82) is 0 Å². The molecule has 4 rings (SSSR count). The number of hydrogen-bond acceptors (Lipinski definition) is 2. The molecule has 0 spiro atoms. The second-order valence-corrected chi connectivity index (χ2v) is 7.03. The monoisotopic (exact) mass is 390 g/mol. The van der Waals surface area contributed by atoms with Crippen LogP contribution in [0.3, 0.4) is 0 Å². The lowest BCUT2D eigenvalue weighted by molar-refractivity contribution is 0.262. The Balaban J connectivity index is 1.55. The third-order valence-corrected chi connectivity index (χ3v) is 5.02. The standard InChI is InChI=1S/C22H19ClN4O/c1-14-6-5-11-27-13-20(25-21(14)27)16-7-3-8-17(12-16)24-22(28)26-19-10-4-9-18(23)15(19)2/h3-13H,1-2H3,(H2,24,26,28). The molecule has 0 radical (unpaired) electrons. The predicted molar refractivity (Wildman–Crippen MR) is 114 cm³/mol. The summed E-state index contributed by atoms with van der Waals surface area (Å²) in [7, 11) is 0. The number of nitrogens with one attached hydrogen (secondary N) is 2. The summed E-state index contributed by atoms with van der Waals surface area (Å²) in [6.45, 7) is 3.90. The highest BCUT2D eigenvalue weighted by atomic mass is 35.5. The number of urea groups is 1. The molecule has 0 aliphatic carbocycles. The van der Waals surface area contributed by atoms with Crippen LogP contribution in [0.4, 0.5) is 16.2 Å². The summed E-state index contributed by atoms with van der Waals surface area (Å²) in [5, 5.41) is 6.31. The third kappa shape index (κ3) is 3.57. The fourth-order valence-electron chi connectivity index (χ4n) is 3.08. The first-order valence-corrected chi connectivity index (χ1v) is 9.27. The zero-order valence-corrected chi connectivity index (χ0v) is 16.3. The summed E-state index contributed by atoms with van der Waals surface area (Å²) >= 11 is 6.11. The van der Waals surface area contributed by atoms with Gasteiger partial charge in [-0.25, -0.2) is 9.78 Å². The number of amides is 2. The van der Waals surface area contributed by atoms with Gasteiger partial charge in [0, 0.05) is 34.4 Å². The number of anilines is 2. The van der Waals surface area contributed by atoms with Crippen molar-refractivity contribution in [3.05, 3.63) is 83.1 Å². The molecule has 0 saturated carbocycles. The van der Waals surface area contributed by atoms with Crippen molar-refractivity contribution in [3.63, 3.8) is 0 Å². The summed E-state index contributed by atoms with van der Waals surface area (Å²) in [6.07, 6.45) is 3.96. The van der Waals surface area contributed by atoms with Crippen LogP contribution in [0.15, 0.2) is 67.0 Å². The Morgan fingerprint density at radius 1 is 1.04 bits per heavy atom. The SMILES string of the molecule is Cc1c(Cl)cccc1NC(=O)Nc1cccc(-c2cn3cccc(C)c3n2)c1. The van der Waals surface area contributed by atoms with Crippen molar-refractivity contribution < 1.29 is 4.79 Å². The van der Waals surface area contributed by atoms with Gasteiger partial charge < -0.3 is 15.0 Å². The molecule has 0 atom stereocenters. The fraction of sp³-hybridized carbons (Fsp3) is 0.0909. The molecule has 140 valence electrons. The topological polar surface area (TPSA) is 58.4 Å². The maximum Gasteiger partial charge on any atom is 0.323 e. The normalized spacial score (nSPS) is 10.8. The molecule has 6 heteroatoms. The molecule has 0 aliphatic rings. The lowest BCUT2D eigenvalue weighted by atomic mass is 10.1. The molecule has 0 aliphatic heterocycles. The number of nitrogens with zero attached hydrogens (tertiary/aromatic N) is 2. The number of aryl methyl sites for hydroxylation is 1. The number of aromatic nitrogens is 2. The van der Waals surface area contributed by atoms with Gasteiger partial charge in [0.15, 0.2) is 0 Å². The van der Waals surface area contributed by atoms with Gasteiger partial charge in [0.1, 0.15) is 5.65 Å². The van der Waals surface area contributed by atoms with Crippen molar-refractivity contribution in [2.75, 3.05) is 10.6 Å². The number of pyridine rings is 1. The van der Waals surface area contributed by atoms with Gasteiger partial charge in [-0.1, -0.05) is 35.9 Å². The maximum absolute atomic E-state index is 12.4. The second kappa shape index (κ2) is 7.37. The van der Waals surface area contributed by atoms with E-state index in [2.05, 4.69) is 10.6 Å². The Labute approximate surface area is 168 Å². The minimum absolute atomic E-state index is 0.326. The average molecular weight is 391 g/mol. The third-order valence-electron chi connectivity index (χ3n) is 4.61. The van der Waals surface area contributed by atoms with Gasteiger partial charge in [0.05, 0.1) is 5.69 Å². The number of benzene rings is 2. The Morgan fingerprint density at radius 3 is 2.68 bits per heavy atom. The molecular formula is C22H19ClN4O. The molecule has 0 saturated heterocycles. The van der Waals surface area contributed by atoms with E-state index < -0.39 is 0 Å². The van der Waals surface area contributed by atoms with Crippen LogP contribution in [0.2, 0.25) is 5.02 Å². The number of rotatable bonds is 3. The van der Waals surface area contributed by atoms with Gasteiger partial charge in [-0.05, 0) is 55.3 Å². The zero-order valence-electron chi connectivity index (χ0n) is 15.5. The Kier molecular flexibility index (Phi) is 4.75. The lowest BCUT2D eigenvalue weighted by Gasteiger charge is -2.11. The molecule has 0 fully saturated rings. The van der Waals surface area contributed by atoms with E-state index >= 15 is 0 Å². The molecule has 4 aromatic rings. The van der Waals surface area contributed by atoms with Gasteiger partial charge in [0.2, 0.25) is 0 Å². The number of carbonyl (C=O) groups excluding carboxylic acids is 1. The number of halogens is 1. The Bertz CT molecular complexity index is 1180. The van der Waals surface area contributed by atoms with Crippen molar-refractivity contribution in [2.24, 2.45) is 0 Å². The van der Waals surface area contributed by atoms with Crippen LogP contribution in [0, 0.1) is 13.8 Å². The molecular weight excluding hydrogens is 372 g/mol. The van der Waals surface area contributed by atoms with Crippen LogP contribution in [-0.4, -0.2) is 15.4 Å². The molecule has 2 aromatic carbocycles. The molecule has 0 unspecified atom stereocenters. The highest BCUT2D eigenvalue weighted by Gasteiger charge is 2.09. The summed E-state index contributed by atoms with van der Waals surface area (Å²) in [5.41, 5.74) is 6.00. The van der Waals surface area contributed by atoms with Gasteiger partial charge in [-0.3, -0.25) is 0 Å². The summed E-state index contributed by atoms with van der Waals surface area (Å²) in [4.78, 5) is 17.1. The van der Waals surface area contributed by atoms with E-state index in [0.717, 1.165) is 28.0 Å². The largest absolute Gasteiger partial charge is 0.323 e. The molecule has 0 bridgehead atoms. The Morgan fingerprint density at radius 2 is 1.86 bits per heavy atom. The molecule has 2 heterocycles. The second-order valence-electron chi connectivity index (χ2n) is 6.62. The van der Waals surface area contributed by atoms with Crippen molar-refractivity contribution in [3.8, 4) is 11.3 Å². The smallest absolute Gasteiger partial charge is 0.308 e. The van der Waals surface area contributed by atoms with Crippen molar-refractivity contribution >= 4 is 34.7 Å². The van der Waals surface area contributed by atoms with E-state index in [9.17, 15) is 4.79 Å². The van der Waals surface area contributed by atoms with Crippen LogP contribution in [0.25, 0.3) is 16.9 Å². The molecule has 2 amide bonds. The quantitative estimate of drug-likeness (QED) is 0.456. The van der Waals surface area contributed by atoms with E-state index in [1.165, 1.54) is 0 Å². The van der Waals surface area contributed by atoms with E-state index in [-0.39, 0.29) is 6.03 Å². The van der Waals surface area contributed by atoms with Gasteiger partial charge >= 0.3 is 6.03 Å². The Hall–Kier alpha value is -3.31. The van der Waals surface area contributed by atoms with E-state index in [4.69, 9.17) is 16.6 Å².